The van der Waals surface area contributed by atoms with Crippen LogP contribution in [0.15, 0.2) is 12.3 Å². The Kier molecular flexibility index (Phi) is 4.45. The number of nitrogens with one attached hydrogen (secondary N) is 2. The summed E-state index contributed by atoms with van der Waals surface area (Å²) in [6, 6.07) is 1.34. The summed E-state index contributed by atoms with van der Waals surface area (Å²) in [4.78, 5) is 36.5. The quantitative estimate of drug-likeness (QED) is 0.735. The minimum atomic E-state index is -0.950. The first-order chi connectivity index (χ1) is 11.4. The zero-order valence-electron chi connectivity index (χ0n) is 13.9. The van der Waals surface area contributed by atoms with Gasteiger partial charge in [-0.2, -0.15) is 0 Å². The van der Waals surface area contributed by atoms with Gasteiger partial charge in [0.25, 0.3) is 0 Å². The zero-order chi connectivity index (χ0) is 17.4. The molecule has 24 heavy (non-hydrogen) atoms. The first kappa shape index (κ1) is 16.7. The van der Waals surface area contributed by atoms with Crippen molar-refractivity contribution in [1.82, 2.24) is 15.2 Å². The number of nitrogens with zero attached hydrogens (tertiary/aromatic N) is 1. The molecule has 0 bridgehead atoms. The number of aromatic nitrogens is 1. The lowest BCUT2D eigenvalue weighted by atomic mass is 9.79. The van der Waals surface area contributed by atoms with Crippen molar-refractivity contribution in [2.24, 2.45) is 5.92 Å². The Morgan fingerprint density at radius 1 is 1.42 bits per heavy atom. The smallest absolute Gasteiger partial charge is 0.308 e. The topological polar surface area (TPSA) is 100 Å². The number of hydrogen-bond acceptors (Lipinski definition) is 4. The average Bonchev–Trinajstić information content (AvgIpc) is 2.88. The highest BCUT2D eigenvalue weighted by atomic mass is 16.4. The number of carboxylic acids is 1. The van der Waals surface area contributed by atoms with Crippen LogP contribution in [0.25, 0.3) is 0 Å². The van der Waals surface area contributed by atoms with Crippen molar-refractivity contribution >= 4 is 17.7 Å². The van der Waals surface area contributed by atoms with Crippen molar-refractivity contribution in [3.8, 4) is 0 Å². The van der Waals surface area contributed by atoms with Crippen LogP contribution in [0.4, 0.5) is 0 Å². The van der Waals surface area contributed by atoms with E-state index >= 15 is 0 Å². The largest absolute Gasteiger partial charge is 0.481 e. The van der Waals surface area contributed by atoms with E-state index in [1.165, 1.54) is 0 Å². The van der Waals surface area contributed by atoms with Crippen LogP contribution in [0.1, 0.15) is 36.9 Å². The Balaban J connectivity index is 1.92. The second-order valence-electron chi connectivity index (χ2n) is 6.73. The van der Waals surface area contributed by atoms with E-state index in [1.54, 1.807) is 14.0 Å². The van der Waals surface area contributed by atoms with Crippen molar-refractivity contribution in [1.29, 1.82) is 0 Å². The Labute approximate surface area is 140 Å². The van der Waals surface area contributed by atoms with Gasteiger partial charge >= 0.3 is 5.97 Å². The summed E-state index contributed by atoms with van der Waals surface area (Å²) in [5, 5.41) is 15.2. The number of rotatable bonds is 4. The van der Waals surface area contributed by atoms with E-state index in [0.717, 1.165) is 17.7 Å². The lowest BCUT2D eigenvalue weighted by Crippen LogP contribution is -2.50. The Morgan fingerprint density at radius 2 is 2.17 bits per heavy atom. The standard InChI is InChI=1S/C17H23N3O4/c1-9(18-2)16(22)19-12-4-3-10-5-6-20-8-11(17(23)24)7-13(21)14(12)15(10)20/h5-6,9,11-12,14,18H,3-4,7-8H2,1-2H3,(H,19,22)(H,23,24). The number of aliphatic carboxylic acids is 1. The molecule has 0 fully saturated rings. The second kappa shape index (κ2) is 6.39. The molecule has 1 amide bonds. The molecular weight excluding hydrogens is 310 g/mol. The van der Waals surface area contributed by atoms with Crippen molar-refractivity contribution in [3.63, 3.8) is 0 Å². The zero-order valence-corrected chi connectivity index (χ0v) is 13.9. The number of carbonyl (C=O) groups is 3. The molecule has 7 nitrogen and oxygen atoms in total. The highest BCUT2D eigenvalue weighted by molar-refractivity contribution is 5.91. The molecule has 4 atom stereocenters. The van der Waals surface area contributed by atoms with E-state index in [2.05, 4.69) is 10.6 Å². The molecule has 0 saturated heterocycles. The van der Waals surface area contributed by atoms with E-state index in [1.807, 2.05) is 16.8 Å². The third-order valence-electron chi connectivity index (χ3n) is 5.23. The van der Waals surface area contributed by atoms with Crippen molar-refractivity contribution < 1.29 is 19.5 Å². The second-order valence-corrected chi connectivity index (χ2v) is 6.73. The minimum Gasteiger partial charge on any atom is -0.481 e. The van der Waals surface area contributed by atoms with Gasteiger partial charge in [0.1, 0.15) is 5.78 Å². The summed E-state index contributed by atoms with van der Waals surface area (Å²) < 4.78 is 1.89. The highest BCUT2D eigenvalue weighted by Gasteiger charge is 2.42. The van der Waals surface area contributed by atoms with Crippen LogP contribution in [0.2, 0.25) is 0 Å². The number of ketones is 1. The molecule has 2 heterocycles. The predicted octanol–water partition coefficient (Wildman–Crippen LogP) is 0.284. The Hall–Kier alpha value is -2.15. The molecule has 1 aromatic rings. The van der Waals surface area contributed by atoms with Gasteiger partial charge in [-0.3, -0.25) is 14.4 Å². The van der Waals surface area contributed by atoms with E-state index < -0.39 is 17.8 Å². The molecule has 0 aromatic carbocycles. The van der Waals surface area contributed by atoms with Crippen molar-refractivity contribution in [2.75, 3.05) is 7.05 Å². The Bertz CT molecular complexity index is 681. The normalized spacial score (nSPS) is 27.1. The molecule has 0 radical (unpaired) electrons. The van der Waals surface area contributed by atoms with Gasteiger partial charge in [-0.1, -0.05) is 0 Å². The van der Waals surface area contributed by atoms with Gasteiger partial charge in [0.05, 0.1) is 17.9 Å². The Morgan fingerprint density at radius 3 is 2.83 bits per heavy atom. The van der Waals surface area contributed by atoms with Crippen LogP contribution >= 0.6 is 0 Å². The van der Waals surface area contributed by atoms with E-state index in [4.69, 9.17) is 0 Å². The molecule has 1 aliphatic carbocycles. The molecule has 1 aliphatic heterocycles. The van der Waals surface area contributed by atoms with E-state index in [0.29, 0.717) is 13.0 Å². The highest BCUT2D eigenvalue weighted by Crippen LogP contribution is 2.37. The fourth-order valence-corrected chi connectivity index (χ4v) is 3.76. The number of Topliss-reactive ketones (excluding diaryl/α,β-unsaturated/α-hetero) is 1. The van der Waals surface area contributed by atoms with Crippen LogP contribution in [-0.4, -0.2) is 46.5 Å². The molecule has 3 N–H and O–H groups in total. The molecule has 1 aromatic heterocycles. The summed E-state index contributed by atoms with van der Waals surface area (Å²) in [5.74, 6) is -2.36. The van der Waals surface area contributed by atoms with Crippen molar-refractivity contribution in [2.45, 2.75) is 50.7 Å². The first-order valence-corrected chi connectivity index (χ1v) is 8.33. The maximum absolute atomic E-state index is 12.8. The van der Waals surface area contributed by atoms with Gasteiger partial charge in [-0.05, 0) is 38.4 Å². The molecule has 0 spiro atoms. The average molecular weight is 333 g/mol. The van der Waals surface area contributed by atoms with Gasteiger partial charge < -0.3 is 20.3 Å². The van der Waals surface area contributed by atoms with E-state index in [9.17, 15) is 19.5 Å². The van der Waals surface area contributed by atoms with Crippen LogP contribution in [0.5, 0.6) is 0 Å². The van der Waals surface area contributed by atoms with E-state index in [-0.39, 0.29) is 30.2 Å². The monoisotopic (exact) mass is 333 g/mol. The summed E-state index contributed by atoms with van der Waals surface area (Å²) in [6.45, 7) is 2.07. The van der Waals surface area contributed by atoms with Crippen molar-refractivity contribution in [3.05, 3.63) is 23.5 Å². The molecule has 3 rings (SSSR count). The molecule has 4 unspecified atom stereocenters. The van der Waals surface area contributed by atoms with Crippen LogP contribution in [-0.2, 0) is 27.3 Å². The fraction of sp³-hybridized carbons (Fsp3) is 0.588. The fourth-order valence-electron chi connectivity index (χ4n) is 3.76. The van der Waals surface area contributed by atoms with Crippen LogP contribution in [0.3, 0.4) is 0 Å². The number of likely N-dealkylation sites (N-methyl/N-ethyl adjacent to an activating group) is 1. The van der Waals surface area contributed by atoms with Gasteiger partial charge in [0.15, 0.2) is 0 Å². The van der Waals surface area contributed by atoms with Crippen LogP contribution < -0.4 is 10.6 Å². The predicted molar refractivity (Wildman–Crippen MR) is 86.7 cm³/mol. The molecule has 7 heteroatoms. The number of hydrogen-bond donors (Lipinski definition) is 3. The maximum atomic E-state index is 12.8. The lowest BCUT2D eigenvalue weighted by Gasteiger charge is -2.32. The van der Waals surface area contributed by atoms with Crippen LogP contribution in [0, 0.1) is 5.92 Å². The summed E-state index contributed by atoms with van der Waals surface area (Å²) in [7, 11) is 1.71. The molecule has 2 aliphatic rings. The first-order valence-electron chi connectivity index (χ1n) is 8.33. The molecular formula is C17H23N3O4. The summed E-state index contributed by atoms with van der Waals surface area (Å²) in [5.41, 5.74) is 1.98. The number of carboxylic acid groups (broad SMARTS) is 1. The minimum absolute atomic E-state index is 0.00900. The van der Waals surface area contributed by atoms with Gasteiger partial charge in [-0.25, -0.2) is 0 Å². The lowest BCUT2D eigenvalue weighted by molar-refractivity contribution is -0.144. The van der Waals surface area contributed by atoms with Gasteiger partial charge in [0, 0.05) is 30.9 Å². The third-order valence-corrected chi connectivity index (χ3v) is 5.23. The summed E-state index contributed by atoms with van der Waals surface area (Å²) >= 11 is 0. The number of amides is 1. The summed E-state index contributed by atoms with van der Waals surface area (Å²) in [6.07, 6.45) is 3.35. The maximum Gasteiger partial charge on any atom is 0.308 e. The van der Waals surface area contributed by atoms with Gasteiger partial charge in [-0.15, -0.1) is 0 Å². The SMILES string of the molecule is CNC(C)C(=O)NC1CCc2ccn3c2C1C(=O)CC(C(=O)O)C3. The van der Waals surface area contributed by atoms with Gasteiger partial charge in [0.2, 0.25) is 5.91 Å². The molecule has 130 valence electrons. The third kappa shape index (κ3) is 2.84. The number of aryl methyl sites for hydroxylation is 1. The number of carbonyl (C=O) groups excluding carboxylic acids is 2. The molecule has 0 saturated carbocycles.